The van der Waals surface area contributed by atoms with Crippen molar-refractivity contribution in [2.45, 2.75) is 26.2 Å². The molecule has 3 nitrogen and oxygen atoms in total. The number of anilines is 2. The van der Waals surface area contributed by atoms with E-state index in [-0.39, 0.29) is 5.41 Å². The third kappa shape index (κ3) is 2.97. The molecule has 102 valence electrons. The average molecular weight is 265 g/mol. The van der Waals surface area contributed by atoms with Crippen LogP contribution in [-0.4, -0.2) is 12.0 Å². The minimum atomic E-state index is 0.110. The molecule has 3 heteroatoms. The topological polar surface area (TPSA) is 39.9 Å². The summed E-state index contributed by atoms with van der Waals surface area (Å²) in [4.78, 5) is 6.53. The molecule has 0 atom stereocenters. The fourth-order valence-electron chi connectivity index (χ4n) is 1.92. The lowest BCUT2D eigenvalue weighted by molar-refractivity contribution is 0.587. The van der Waals surface area contributed by atoms with Crippen LogP contribution in [0.2, 0.25) is 0 Å². The first-order valence-corrected chi connectivity index (χ1v) is 6.62. The van der Waals surface area contributed by atoms with Gasteiger partial charge in [0.1, 0.15) is 5.82 Å². The summed E-state index contributed by atoms with van der Waals surface area (Å²) in [5.41, 5.74) is 3.01. The molecule has 0 N–H and O–H groups in total. The van der Waals surface area contributed by atoms with Crippen molar-refractivity contribution in [3.63, 3.8) is 0 Å². The summed E-state index contributed by atoms with van der Waals surface area (Å²) in [5.74, 6) is 0.891. The Morgan fingerprint density at radius 1 is 1.05 bits per heavy atom. The molecule has 0 aliphatic rings. The molecular formula is C17H19N3. The summed E-state index contributed by atoms with van der Waals surface area (Å²) in [6.07, 6.45) is 1.93. The van der Waals surface area contributed by atoms with Crippen LogP contribution in [0.25, 0.3) is 0 Å². The second kappa shape index (κ2) is 5.34. The molecule has 0 aliphatic heterocycles. The van der Waals surface area contributed by atoms with Crippen LogP contribution in [-0.2, 0) is 5.41 Å². The number of rotatable bonds is 2. The van der Waals surface area contributed by atoms with Gasteiger partial charge in [0.05, 0.1) is 11.6 Å². The Morgan fingerprint density at radius 3 is 2.15 bits per heavy atom. The van der Waals surface area contributed by atoms with Gasteiger partial charge >= 0.3 is 0 Å². The van der Waals surface area contributed by atoms with Crippen LogP contribution < -0.4 is 4.90 Å². The minimum absolute atomic E-state index is 0.110. The Hall–Kier alpha value is -2.34. The fraction of sp³-hybridized carbons (Fsp3) is 0.294. The normalized spacial score (nSPS) is 10.9. The quantitative estimate of drug-likeness (QED) is 0.823. The van der Waals surface area contributed by atoms with Crippen LogP contribution in [0, 0.1) is 11.3 Å². The molecule has 0 unspecified atom stereocenters. The molecule has 0 spiro atoms. The standard InChI is InChI=1S/C17H19N3/c1-17(2,3)14-7-10-16(19-12-14)20(4)15-8-5-13(11-18)6-9-15/h5-10,12H,1-4H3. The van der Waals surface area contributed by atoms with Crippen molar-refractivity contribution in [1.29, 1.82) is 5.26 Å². The zero-order chi connectivity index (χ0) is 14.8. The Bertz CT molecular complexity index is 613. The number of benzene rings is 1. The van der Waals surface area contributed by atoms with Gasteiger partial charge in [0, 0.05) is 18.9 Å². The van der Waals surface area contributed by atoms with Gasteiger partial charge in [0.2, 0.25) is 0 Å². The largest absolute Gasteiger partial charge is 0.329 e. The fourth-order valence-corrected chi connectivity index (χ4v) is 1.92. The SMILES string of the molecule is CN(c1ccc(C#N)cc1)c1ccc(C(C)(C)C)cn1. The number of hydrogen-bond donors (Lipinski definition) is 0. The molecule has 0 amide bonds. The van der Waals surface area contributed by atoms with Gasteiger partial charge in [-0.2, -0.15) is 5.26 Å². The van der Waals surface area contributed by atoms with Crippen LogP contribution in [0.1, 0.15) is 31.9 Å². The highest BCUT2D eigenvalue weighted by atomic mass is 15.2. The van der Waals surface area contributed by atoms with Gasteiger partial charge in [0.15, 0.2) is 0 Å². The lowest BCUT2D eigenvalue weighted by Crippen LogP contribution is -2.14. The molecule has 2 aromatic rings. The van der Waals surface area contributed by atoms with Crippen molar-refractivity contribution >= 4 is 11.5 Å². The molecule has 0 aliphatic carbocycles. The molecule has 1 aromatic carbocycles. The average Bonchev–Trinajstić information content (AvgIpc) is 2.46. The van der Waals surface area contributed by atoms with E-state index >= 15 is 0 Å². The van der Waals surface area contributed by atoms with Crippen molar-refractivity contribution in [3.05, 3.63) is 53.7 Å². The van der Waals surface area contributed by atoms with Crippen LogP contribution in [0.4, 0.5) is 11.5 Å². The number of aromatic nitrogens is 1. The maximum atomic E-state index is 8.81. The highest BCUT2D eigenvalue weighted by Crippen LogP contribution is 2.25. The van der Waals surface area contributed by atoms with Crippen molar-refractivity contribution in [2.24, 2.45) is 0 Å². The van der Waals surface area contributed by atoms with E-state index in [2.05, 4.69) is 37.9 Å². The van der Waals surface area contributed by atoms with Crippen molar-refractivity contribution in [3.8, 4) is 6.07 Å². The van der Waals surface area contributed by atoms with Crippen LogP contribution in [0.15, 0.2) is 42.6 Å². The van der Waals surface area contributed by atoms with E-state index in [9.17, 15) is 0 Å². The first-order valence-electron chi connectivity index (χ1n) is 6.62. The Labute approximate surface area is 120 Å². The molecule has 0 radical (unpaired) electrons. The van der Waals surface area contributed by atoms with E-state index in [1.165, 1.54) is 5.56 Å². The lowest BCUT2D eigenvalue weighted by atomic mass is 9.88. The van der Waals surface area contributed by atoms with Gasteiger partial charge in [-0.1, -0.05) is 26.8 Å². The first-order chi connectivity index (χ1) is 9.41. The summed E-state index contributed by atoms with van der Waals surface area (Å²) < 4.78 is 0. The molecule has 0 bridgehead atoms. The van der Waals surface area contributed by atoms with Gasteiger partial charge in [-0.05, 0) is 41.3 Å². The van der Waals surface area contributed by atoms with Gasteiger partial charge in [-0.15, -0.1) is 0 Å². The summed E-state index contributed by atoms with van der Waals surface area (Å²) in [6.45, 7) is 6.52. The van der Waals surface area contributed by atoms with E-state index in [4.69, 9.17) is 5.26 Å². The summed E-state index contributed by atoms with van der Waals surface area (Å²) in [7, 11) is 1.97. The summed E-state index contributed by atoms with van der Waals surface area (Å²) in [5, 5.41) is 8.81. The van der Waals surface area contributed by atoms with Crippen molar-refractivity contribution in [1.82, 2.24) is 4.98 Å². The van der Waals surface area contributed by atoms with Crippen LogP contribution in [0.5, 0.6) is 0 Å². The van der Waals surface area contributed by atoms with Gasteiger partial charge < -0.3 is 4.90 Å². The Balaban J connectivity index is 2.24. The second-order valence-electron chi connectivity index (χ2n) is 5.87. The molecule has 1 heterocycles. The maximum Gasteiger partial charge on any atom is 0.132 e. The Morgan fingerprint density at radius 2 is 1.70 bits per heavy atom. The van der Waals surface area contributed by atoms with E-state index < -0.39 is 0 Å². The van der Waals surface area contributed by atoms with Gasteiger partial charge in [-0.3, -0.25) is 0 Å². The second-order valence-corrected chi connectivity index (χ2v) is 5.87. The summed E-state index contributed by atoms with van der Waals surface area (Å²) >= 11 is 0. The highest BCUT2D eigenvalue weighted by molar-refractivity contribution is 5.60. The number of nitrogens with zero attached hydrogens (tertiary/aromatic N) is 3. The van der Waals surface area contributed by atoms with E-state index in [0.29, 0.717) is 5.56 Å². The predicted octanol–water partition coefficient (Wildman–Crippen LogP) is 4.02. The van der Waals surface area contributed by atoms with Gasteiger partial charge in [0.25, 0.3) is 0 Å². The molecule has 2 rings (SSSR count). The van der Waals surface area contributed by atoms with Gasteiger partial charge in [-0.25, -0.2) is 4.98 Å². The van der Waals surface area contributed by atoms with Crippen molar-refractivity contribution < 1.29 is 0 Å². The smallest absolute Gasteiger partial charge is 0.132 e. The van der Waals surface area contributed by atoms with E-state index in [1.807, 2.05) is 48.5 Å². The zero-order valence-corrected chi connectivity index (χ0v) is 12.4. The first kappa shape index (κ1) is 14.1. The summed E-state index contributed by atoms with van der Waals surface area (Å²) in [6, 6.07) is 13.7. The third-order valence-electron chi connectivity index (χ3n) is 3.34. The molecule has 0 fully saturated rings. The predicted molar refractivity (Wildman–Crippen MR) is 82.2 cm³/mol. The molecule has 1 aromatic heterocycles. The maximum absolute atomic E-state index is 8.81. The molecule has 20 heavy (non-hydrogen) atoms. The molecular weight excluding hydrogens is 246 g/mol. The number of hydrogen-bond acceptors (Lipinski definition) is 3. The highest BCUT2D eigenvalue weighted by Gasteiger charge is 2.14. The lowest BCUT2D eigenvalue weighted by Gasteiger charge is -2.22. The van der Waals surface area contributed by atoms with E-state index in [0.717, 1.165) is 11.5 Å². The molecule has 0 saturated heterocycles. The number of pyridine rings is 1. The van der Waals surface area contributed by atoms with E-state index in [1.54, 1.807) is 0 Å². The van der Waals surface area contributed by atoms with Crippen LogP contribution in [0.3, 0.4) is 0 Å². The number of nitriles is 1. The monoisotopic (exact) mass is 265 g/mol. The third-order valence-corrected chi connectivity index (χ3v) is 3.34. The zero-order valence-electron chi connectivity index (χ0n) is 12.4. The van der Waals surface area contributed by atoms with Crippen LogP contribution >= 0.6 is 0 Å². The van der Waals surface area contributed by atoms with Crippen molar-refractivity contribution in [2.75, 3.05) is 11.9 Å². The minimum Gasteiger partial charge on any atom is -0.329 e. The molecule has 0 saturated carbocycles. The Kier molecular flexibility index (Phi) is 3.76.